The molecule has 5 nitrogen and oxygen atoms in total. The molecule has 108 valence electrons. The summed E-state index contributed by atoms with van der Waals surface area (Å²) in [5.41, 5.74) is 2.24. The number of aliphatic carboxylic acids is 1. The van der Waals surface area contributed by atoms with Crippen LogP contribution in [0.4, 0.5) is 5.69 Å². The number of benzene rings is 1. The SMILES string of the molecule is CC(CCNC(=O)C1CNc2ccccc2C1)C(=O)O. The van der Waals surface area contributed by atoms with Gasteiger partial charge in [-0.15, -0.1) is 0 Å². The van der Waals surface area contributed by atoms with Crippen molar-refractivity contribution in [2.24, 2.45) is 11.8 Å². The molecule has 5 heteroatoms. The van der Waals surface area contributed by atoms with E-state index in [1.165, 1.54) is 0 Å². The van der Waals surface area contributed by atoms with E-state index in [0.29, 0.717) is 19.5 Å². The Morgan fingerprint density at radius 3 is 2.95 bits per heavy atom. The Bertz CT molecular complexity index is 502. The van der Waals surface area contributed by atoms with Gasteiger partial charge in [-0.25, -0.2) is 0 Å². The van der Waals surface area contributed by atoms with Gasteiger partial charge in [-0.1, -0.05) is 25.1 Å². The molecule has 1 aromatic carbocycles. The number of amides is 1. The molecule has 2 unspecified atom stereocenters. The average molecular weight is 276 g/mol. The normalized spacial score (nSPS) is 18.6. The van der Waals surface area contributed by atoms with Crippen LogP contribution in [0.3, 0.4) is 0 Å². The van der Waals surface area contributed by atoms with Crippen LogP contribution in [0.1, 0.15) is 18.9 Å². The van der Waals surface area contributed by atoms with E-state index in [-0.39, 0.29) is 11.8 Å². The number of carbonyl (C=O) groups is 2. The molecule has 1 heterocycles. The van der Waals surface area contributed by atoms with E-state index < -0.39 is 11.9 Å². The third kappa shape index (κ3) is 3.50. The lowest BCUT2D eigenvalue weighted by atomic mass is 9.93. The fourth-order valence-corrected chi connectivity index (χ4v) is 2.31. The van der Waals surface area contributed by atoms with Crippen molar-refractivity contribution in [3.8, 4) is 0 Å². The number of fused-ring (bicyclic) bond motifs is 1. The molecule has 1 aromatic rings. The summed E-state index contributed by atoms with van der Waals surface area (Å²) in [5, 5.41) is 14.9. The van der Waals surface area contributed by atoms with Crippen molar-refractivity contribution in [3.05, 3.63) is 29.8 Å². The lowest BCUT2D eigenvalue weighted by molar-refractivity contribution is -0.141. The van der Waals surface area contributed by atoms with E-state index >= 15 is 0 Å². The second-order valence-electron chi connectivity index (χ2n) is 5.26. The summed E-state index contributed by atoms with van der Waals surface area (Å²) in [7, 11) is 0. The molecule has 1 amide bonds. The van der Waals surface area contributed by atoms with Crippen molar-refractivity contribution in [1.29, 1.82) is 0 Å². The maximum atomic E-state index is 12.1. The zero-order valence-electron chi connectivity index (χ0n) is 11.6. The van der Waals surface area contributed by atoms with Crippen LogP contribution in [-0.2, 0) is 16.0 Å². The smallest absolute Gasteiger partial charge is 0.306 e. The highest BCUT2D eigenvalue weighted by atomic mass is 16.4. The van der Waals surface area contributed by atoms with E-state index in [4.69, 9.17) is 5.11 Å². The van der Waals surface area contributed by atoms with Gasteiger partial charge in [0, 0.05) is 18.8 Å². The zero-order valence-corrected chi connectivity index (χ0v) is 11.6. The largest absolute Gasteiger partial charge is 0.481 e. The Balaban J connectivity index is 1.81. The first kappa shape index (κ1) is 14.4. The molecule has 1 aliphatic heterocycles. The lowest BCUT2D eigenvalue weighted by Gasteiger charge is -2.25. The number of nitrogens with one attached hydrogen (secondary N) is 2. The van der Waals surface area contributed by atoms with Gasteiger partial charge < -0.3 is 15.7 Å². The summed E-state index contributed by atoms with van der Waals surface area (Å²) in [6.45, 7) is 2.68. The van der Waals surface area contributed by atoms with Crippen LogP contribution in [-0.4, -0.2) is 30.1 Å². The Hall–Kier alpha value is -2.04. The molecule has 0 aliphatic carbocycles. The highest BCUT2D eigenvalue weighted by Gasteiger charge is 2.24. The van der Waals surface area contributed by atoms with Crippen molar-refractivity contribution >= 4 is 17.6 Å². The third-order valence-corrected chi connectivity index (χ3v) is 3.69. The number of anilines is 1. The molecule has 0 aromatic heterocycles. The average Bonchev–Trinajstić information content (AvgIpc) is 2.46. The minimum absolute atomic E-state index is 0.00964. The first-order valence-corrected chi connectivity index (χ1v) is 6.90. The minimum atomic E-state index is -0.826. The van der Waals surface area contributed by atoms with E-state index in [9.17, 15) is 9.59 Å². The van der Waals surface area contributed by atoms with Gasteiger partial charge in [-0.2, -0.15) is 0 Å². The molecule has 1 aliphatic rings. The van der Waals surface area contributed by atoms with Gasteiger partial charge in [0.15, 0.2) is 0 Å². The molecular formula is C15H20N2O3. The molecule has 3 N–H and O–H groups in total. The third-order valence-electron chi connectivity index (χ3n) is 3.69. The molecule has 0 radical (unpaired) electrons. The summed E-state index contributed by atoms with van der Waals surface area (Å²) in [6, 6.07) is 7.97. The maximum Gasteiger partial charge on any atom is 0.306 e. The fourth-order valence-electron chi connectivity index (χ4n) is 2.31. The number of carboxylic acid groups (broad SMARTS) is 1. The molecule has 2 atom stereocenters. The standard InChI is InChI=1S/C15H20N2O3/c1-10(15(19)20)6-7-16-14(18)12-8-11-4-2-3-5-13(11)17-9-12/h2-5,10,12,17H,6-9H2,1H3,(H,16,18)(H,19,20). The first-order valence-electron chi connectivity index (χ1n) is 6.90. The lowest BCUT2D eigenvalue weighted by Crippen LogP contribution is -2.39. The van der Waals surface area contributed by atoms with Crippen LogP contribution in [0, 0.1) is 11.8 Å². The Morgan fingerprint density at radius 1 is 1.45 bits per heavy atom. The minimum Gasteiger partial charge on any atom is -0.481 e. The summed E-state index contributed by atoms with van der Waals surface area (Å²) in [5.74, 6) is -1.36. The topological polar surface area (TPSA) is 78.4 Å². The van der Waals surface area contributed by atoms with E-state index in [1.54, 1.807) is 6.92 Å². The van der Waals surface area contributed by atoms with Crippen LogP contribution in [0.2, 0.25) is 0 Å². The number of carbonyl (C=O) groups excluding carboxylic acids is 1. The molecule has 0 saturated heterocycles. The second-order valence-corrected chi connectivity index (χ2v) is 5.26. The molecule has 2 rings (SSSR count). The number of para-hydroxylation sites is 1. The monoisotopic (exact) mass is 276 g/mol. The summed E-state index contributed by atoms with van der Waals surface area (Å²) >= 11 is 0. The predicted molar refractivity (Wildman–Crippen MR) is 76.6 cm³/mol. The van der Waals surface area contributed by atoms with Crippen molar-refractivity contribution in [2.75, 3.05) is 18.4 Å². The molecule has 20 heavy (non-hydrogen) atoms. The molecule has 0 saturated carbocycles. The van der Waals surface area contributed by atoms with Gasteiger partial charge in [-0.05, 0) is 24.5 Å². The fraction of sp³-hybridized carbons (Fsp3) is 0.467. The van der Waals surface area contributed by atoms with Gasteiger partial charge in [0.25, 0.3) is 0 Å². The van der Waals surface area contributed by atoms with Crippen LogP contribution in [0.25, 0.3) is 0 Å². The van der Waals surface area contributed by atoms with Crippen LogP contribution >= 0.6 is 0 Å². The van der Waals surface area contributed by atoms with Gasteiger partial charge in [0.1, 0.15) is 0 Å². The highest BCUT2D eigenvalue weighted by molar-refractivity contribution is 5.80. The quantitative estimate of drug-likeness (QED) is 0.761. The molecule has 0 fully saturated rings. The highest BCUT2D eigenvalue weighted by Crippen LogP contribution is 2.24. The molecule has 0 spiro atoms. The molecule has 0 bridgehead atoms. The van der Waals surface area contributed by atoms with E-state index in [0.717, 1.165) is 17.7 Å². The predicted octanol–water partition coefficient (Wildman–Crippen LogP) is 1.50. The number of rotatable bonds is 5. The van der Waals surface area contributed by atoms with Crippen molar-refractivity contribution in [2.45, 2.75) is 19.8 Å². The second kappa shape index (κ2) is 6.41. The maximum absolute atomic E-state index is 12.1. The van der Waals surface area contributed by atoms with Crippen LogP contribution in [0.15, 0.2) is 24.3 Å². The van der Waals surface area contributed by atoms with Crippen molar-refractivity contribution in [1.82, 2.24) is 5.32 Å². The van der Waals surface area contributed by atoms with Crippen LogP contribution < -0.4 is 10.6 Å². The first-order chi connectivity index (χ1) is 9.58. The Morgan fingerprint density at radius 2 is 2.20 bits per heavy atom. The van der Waals surface area contributed by atoms with Gasteiger partial charge in [0.05, 0.1) is 11.8 Å². The number of hydrogen-bond donors (Lipinski definition) is 3. The van der Waals surface area contributed by atoms with E-state index in [2.05, 4.69) is 10.6 Å². The Kier molecular flexibility index (Phi) is 4.61. The van der Waals surface area contributed by atoms with Crippen LogP contribution in [0.5, 0.6) is 0 Å². The van der Waals surface area contributed by atoms with E-state index in [1.807, 2.05) is 24.3 Å². The zero-order chi connectivity index (χ0) is 14.5. The van der Waals surface area contributed by atoms with Gasteiger partial charge >= 0.3 is 5.97 Å². The van der Waals surface area contributed by atoms with Gasteiger partial charge in [-0.3, -0.25) is 9.59 Å². The molecular weight excluding hydrogens is 256 g/mol. The Labute approximate surface area is 118 Å². The van der Waals surface area contributed by atoms with Gasteiger partial charge in [0.2, 0.25) is 5.91 Å². The van der Waals surface area contributed by atoms with Crippen molar-refractivity contribution in [3.63, 3.8) is 0 Å². The summed E-state index contributed by atoms with van der Waals surface area (Å²) in [4.78, 5) is 22.8. The van der Waals surface area contributed by atoms with Crippen molar-refractivity contribution < 1.29 is 14.7 Å². The summed E-state index contributed by atoms with van der Waals surface area (Å²) < 4.78 is 0. The number of hydrogen-bond acceptors (Lipinski definition) is 3. The summed E-state index contributed by atoms with van der Waals surface area (Å²) in [6.07, 6.45) is 1.18. The number of carboxylic acids is 1.